The molecule has 0 bridgehead atoms. The zero-order valence-corrected chi connectivity index (χ0v) is 12.0. The first kappa shape index (κ1) is 13.8. The summed E-state index contributed by atoms with van der Waals surface area (Å²) < 4.78 is 5.03. The molecule has 0 saturated heterocycles. The van der Waals surface area contributed by atoms with Gasteiger partial charge < -0.3 is 15.2 Å². The molecule has 0 saturated carbocycles. The second-order valence-corrected chi connectivity index (χ2v) is 5.31. The van der Waals surface area contributed by atoms with Gasteiger partial charge >= 0.3 is 0 Å². The van der Waals surface area contributed by atoms with E-state index in [4.69, 9.17) is 4.74 Å². The monoisotopic (exact) mass is 278 g/mol. The van der Waals surface area contributed by atoms with Crippen molar-refractivity contribution in [3.05, 3.63) is 29.3 Å². The average Bonchev–Trinajstić information content (AvgIpc) is 2.88. The van der Waals surface area contributed by atoms with Crippen LogP contribution in [-0.2, 0) is 6.54 Å². The summed E-state index contributed by atoms with van der Waals surface area (Å²) in [5, 5.41) is 14.0. The van der Waals surface area contributed by atoms with Crippen LogP contribution in [-0.4, -0.2) is 23.7 Å². The van der Waals surface area contributed by atoms with Crippen LogP contribution in [0, 0.1) is 0 Å². The average molecular weight is 278 g/mol. The van der Waals surface area contributed by atoms with Crippen molar-refractivity contribution in [2.75, 3.05) is 13.7 Å². The van der Waals surface area contributed by atoms with Crippen LogP contribution in [0.25, 0.3) is 10.6 Å². The highest BCUT2D eigenvalue weighted by atomic mass is 32.1. The molecule has 1 aromatic carbocycles. The van der Waals surface area contributed by atoms with Crippen molar-refractivity contribution in [2.24, 2.45) is 0 Å². The zero-order chi connectivity index (χ0) is 13.7. The summed E-state index contributed by atoms with van der Waals surface area (Å²) in [6.07, 6.45) is 3.00. The Labute approximate surface area is 117 Å². The predicted octanol–water partition coefficient (Wildman–Crippen LogP) is 3.02. The number of phenols is 1. The first-order chi connectivity index (χ1) is 9.24. The minimum atomic E-state index is 0.140. The summed E-state index contributed by atoms with van der Waals surface area (Å²) in [6.45, 7) is 4.00. The standard InChI is InChI=1S/C14H18N2O2S/c1-3-6-15-8-11-9-16-14(19-11)10-4-5-13(18-2)12(17)7-10/h4-5,7,9,15,17H,3,6,8H2,1-2H3. The van der Waals surface area contributed by atoms with Crippen molar-refractivity contribution in [1.82, 2.24) is 10.3 Å². The van der Waals surface area contributed by atoms with Crippen molar-refractivity contribution >= 4 is 11.3 Å². The molecule has 5 heteroatoms. The fourth-order valence-corrected chi connectivity index (χ4v) is 2.61. The molecule has 102 valence electrons. The molecule has 0 aliphatic rings. The van der Waals surface area contributed by atoms with E-state index in [2.05, 4.69) is 17.2 Å². The molecular weight excluding hydrogens is 260 g/mol. The minimum absolute atomic E-state index is 0.140. The summed E-state index contributed by atoms with van der Waals surface area (Å²) in [6, 6.07) is 5.34. The van der Waals surface area contributed by atoms with E-state index in [1.165, 1.54) is 12.0 Å². The van der Waals surface area contributed by atoms with Gasteiger partial charge in [-0.1, -0.05) is 6.92 Å². The highest BCUT2D eigenvalue weighted by Gasteiger charge is 2.08. The summed E-state index contributed by atoms with van der Waals surface area (Å²) >= 11 is 1.63. The van der Waals surface area contributed by atoms with Gasteiger partial charge in [-0.2, -0.15) is 0 Å². The smallest absolute Gasteiger partial charge is 0.160 e. The number of aromatic nitrogens is 1. The number of aromatic hydroxyl groups is 1. The lowest BCUT2D eigenvalue weighted by Crippen LogP contribution is -2.12. The van der Waals surface area contributed by atoms with Crippen molar-refractivity contribution in [3.8, 4) is 22.1 Å². The number of ether oxygens (including phenoxy) is 1. The Morgan fingerprint density at radius 1 is 1.42 bits per heavy atom. The normalized spacial score (nSPS) is 10.6. The number of phenolic OH excluding ortho intramolecular Hbond substituents is 1. The van der Waals surface area contributed by atoms with Gasteiger partial charge in [0.2, 0.25) is 0 Å². The highest BCUT2D eigenvalue weighted by Crippen LogP contribution is 2.33. The number of nitrogens with zero attached hydrogens (tertiary/aromatic N) is 1. The molecule has 0 unspecified atom stereocenters. The molecule has 0 fully saturated rings. The van der Waals surface area contributed by atoms with Crippen LogP contribution in [0.15, 0.2) is 24.4 Å². The predicted molar refractivity (Wildman–Crippen MR) is 77.8 cm³/mol. The van der Waals surface area contributed by atoms with Crippen LogP contribution >= 0.6 is 11.3 Å². The Bertz CT molecular complexity index is 540. The van der Waals surface area contributed by atoms with Gasteiger partial charge in [0.25, 0.3) is 0 Å². The number of methoxy groups -OCH3 is 1. The quantitative estimate of drug-likeness (QED) is 0.798. The van der Waals surface area contributed by atoms with Crippen molar-refractivity contribution in [2.45, 2.75) is 19.9 Å². The summed E-state index contributed by atoms with van der Waals surface area (Å²) in [5.41, 5.74) is 0.907. The van der Waals surface area contributed by atoms with Crippen molar-refractivity contribution in [3.63, 3.8) is 0 Å². The molecule has 19 heavy (non-hydrogen) atoms. The third kappa shape index (κ3) is 3.45. The van der Waals surface area contributed by atoms with Crippen LogP contribution in [0.1, 0.15) is 18.2 Å². The fraction of sp³-hybridized carbons (Fsp3) is 0.357. The van der Waals surface area contributed by atoms with Crippen LogP contribution in [0.3, 0.4) is 0 Å². The number of hydrogen-bond acceptors (Lipinski definition) is 5. The Hall–Kier alpha value is -1.59. The Balaban J connectivity index is 2.11. The molecule has 1 heterocycles. The Morgan fingerprint density at radius 3 is 2.95 bits per heavy atom. The van der Waals surface area contributed by atoms with E-state index in [1.54, 1.807) is 23.5 Å². The van der Waals surface area contributed by atoms with E-state index >= 15 is 0 Å². The van der Waals surface area contributed by atoms with Gasteiger partial charge in [-0.15, -0.1) is 11.3 Å². The number of nitrogens with one attached hydrogen (secondary N) is 1. The molecule has 0 aliphatic heterocycles. The maximum Gasteiger partial charge on any atom is 0.160 e. The lowest BCUT2D eigenvalue weighted by molar-refractivity contribution is 0.373. The van der Waals surface area contributed by atoms with Crippen molar-refractivity contribution in [1.29, 1.82) is 0 Å². The fourth-order valence-electron chi connectivity index (χ4n) is 1.73. The molecular formula is C14H18N2O2S. The molecule has 2 N–H and O–H groups in total. The SMILES string of the molecule is CCCNCc1cnc(-c2ccc(OC)c(O)c2)s1. The van der Waals surface area contributed by atoms with E-state index in [0.717, 1.165) is 30.1 Å². The van der Waals surface area contributed by atoms with E-state index in [1.807, 2.05) is 12.3 Å². The summed E-state index contributed by atoms with van der Waals surface area (Å²) in [5.74, 6) is 0.617. The van der Waals surface area contributed by atoms with Gasteiger partial charge in [0.1, 0.15) is 5.01 Å². The van der Waals surface area contributed by atoms with E-state index in [-0.39, 0.29) is 5.75 Å². The maximum absolute atomic E-state index is 9.77. The lowest BCUT2D eigenvalue weighted by atomic mass is 10.2. The summed E-state index contributed by atoms with van der Waals surface area (Å²) in [4.78, 5) is 5.58. The first-order valence-corrected chi connectivity index (χ1v) is 7.09. The van der Waals surface area contributed by atoms with Crippen LogP contribution in [0.5, 0.6) is 11.5 Å². The van der Waals surface area contributed by atoms with Crippen molar-refractivity contribution < 1.29 is 9.84 Å². The third-order valence-corrected chi connectivity index (χ3v) is 3.75. The van der Waals surface area contributed by atoms with Gasteiger partial charge in [0, 0.05) is 23.2 Å². The zero-order valence-electron chi connectivity index (χ0n) is 11.1. The minimum Gasteiger partial charge on any atom is -0.504 e. The Kier molecular flexibility index (Phi) is 4.76. The van der Waals surface area contributed by atoms with Crippen LogP contribution in [0.2, 0.25) is 0 Å². The number of rotatable bonds is 6. The first-order valence-electron chi connectivity index (χ1n) is 6.27. The molecule has 0 atom stereocenters. The molecule has 1 aromatic heterocycles. The molecule has 0 radical (unpaired) electrons. The van der Waals surface area contributed by atoms with Gasteiger partial charge in [0.15, 0.2) is 11.5 Å². The molecule has 0 aliphatic carbocycles. The number of thiazole rings is 1. The topological polar surface area (TPSA) is 54.4 Å². The van der Waals surface area contributed by atoms with E-state index < -0.39 is 0 Å². The highest BCUT2D eigenvalue weighted by molar-refractivity contribution is 7.15. The molecule has 2 aromatic rings. The van der Waals surface area contributed by atoms with Gasteiger partial charge in [-0.3, -0.25) is 0 Å². The third-order valence-electron chi connectivity index (χ3n) is 2.71. The second kappa shape index (κ2) is 6.54. The van der Waals surface area contributed by atoms with Crippen LogP contribution < -0.4 is 10.1 Å². The van der Waals surface area contributed by atoms with Gasteiger partial charge in [-0.25, -0.2) is 4.98 Å². The molecule has 0 amide bonds. The van der Waals surface area contributed by atoms with Gasteiger partial charge in [-0.05, 0) is 31.2 Å². The number of benzene rings is 1. The lowest BCUT2D eigenvalue weighted by Gasteiger charge is -2.04. The number of hydrogen-bond donors (Lipinski definition) is 2. The summed E-state index contributed by atoms with van der Waals surface area (Å²) in [7, 11) is 1.54. The molecule has 0 spiro atoms. The van der Waals surface area contributed by atoms with Gasteiger partial charge in [0.05, 0.1) is 7.11 Å². The largest absolute Gasteiger partial charge is 0.504 e. The van der Waals surface area contributed by atoms with Crippen LogP contribution in [0.4, 0.5) is 0 Å². The second-order valence-electron chi connectivity index (χ2n) is 4.20. The maximum atomic E-state index is 9.77. The molecule has 4 nitrogen and oxygen atoms in total. The molecule has 2 rings (SSSR count). The van der Waals surface area contributed by atoms with E-state index in [0.29, 0.717) is 5.75 Å². The van der Waals surface area contributed by atoms with E-state index in [9.17, 15) is 5.11 Å². The Morgan fingerprint density at radius 2 is 2.26 bits per heavy atom.